The van der Waals surface area contributed by atoms with Gasteiger partial charge in [0.1, 0.15) is 11.7 Å². The fourth-order valence-electron chi connectivity index (χ4n) is 4.56. The topological polar surface area (TPSA) is 149 Å². The number of hydrogen-bond acceptors (Lipinski definition) is 6. The van der Waals surface area contributed by atoms with Gasteiger partial charge in [-0.3, -0.25) is 4.79 Å². The summed E-state index contributed by atoms with van der Waals surface area (Å²) in [6, 6.07) is 10.8. The molecule has 45 heavy (non-hydrogen) atoms. The highest BCUT2D eigenvalue weighted by Crippen LogP contribution is 2.31. The molecule has 1 aliphatic heterocycles. The molecule has 1 atom stereocenters. The van der Waals surface area contributed by atoms with E-state index in [1.807, 2.05) is 38.1 Å². The number of aromatic carboxylic acids is 1. The van der Waals surface area contributed by atoms with Gasteiger partial charge in [0.15, 0.2) is 0 Å². The predicted molar refractivity (Wildman–Crippen MR) is 161 cm³/mol. The highest BCUT2D eigenvalue weighted by atomic mass is 35.5. The summed E-state index contributed by atoms with van der Waals surface area (Å²) >= 11 is 0. The molecular weight excluding hydrogens is 639 g/mol. The Morgan fingerprint density at radius 2 is 1.67 bits per heavy atom. The zero-order valence-corrected chi connectivity index (χ0v) is 25.7. The van der Waals surface area contributed by atoms with Gasteiger partial charge in [-0.2, -0.15) is 17.5 Å². The average Bonchev–Trinajstić information content (AvgIpc) is 2.99. The molecule has 242 valence electrons. The Kier molecular flexibility index (Phi) is 11.2. The van der Waals surface area contributed by atoms with Crippen molar-refractivity contribution < 1.29 is 41.1 Å². The maximum absolute atomic E-state index is 13.6. The number of urea groups is 1. The van der Waals surface area contributed by atoms with E-state index >= 15 is 0 Å². The fourth-order valence-corrected chi connectivity index (χ4v) is 6.13. The van der Waals surface area contributed by atoms with Crippen LogP contribution in [-0.2, 0) is 27.5 Å². The van der Waals surface area contributed by atoms with Gasteiger partial charge in [-0.05, 0) is 53.4 Å². The third-order valence-electron chi connectivity index (χ3n) is 7.05. The number of nitrogens with zero attached hydrogens (tertiary/aromatic N) is 3. The molecule has 2 heterocycles. The highest BCUT2D eigenvalue weighted by Gasteiger charge is 2.42. The Balaban J connectivity index is 0.00000552. The van der Waals surface area contributed by atoms with Gasteiger partial charge in [-0.1, -0.05) is 38.1 Å². The Labute approximate surface area is 263 Å². The number of sulfonamides is 1. The second-order valence-electron chi connectivity index (χ2n) is 10.4. The first-order valence-corrected chi connectivity index (χ1v) is 14.9. The second-order valence-corrected chi connectivity index (χ2v) is 12.3. The van der Waals surface area contributed by atoms with Gasteiger partial charge in [0.05, 0.1) is 10.5 Å². The van der Waals surface area contributed by atoms with Gasteiger partial charge in [-0.25, -0.2) is 23.0 Å². The molecule has 0 saturated carbocycles. The minimum Gasteiger partial charge on any atom is -0.477 e. The number of halogens is 4. The number of carboxylic acids is 1. The zero-order valence-electron chi connectivity index (χ0n) is 24.1. The molecule has 2 aromatic carbocycles. The number of hydrogen-bond donors (Lipinski definition) is 3. The quantitative estimate of drug-likeness (QED) is 0.318. The van der Waals surface area contributed by atoms with Crippen LogP contribution in [0.15, 0.2) is 71.8 Å². The summed E-state index contributed by atoms with van der Waals surface area (Å²) in [4.78, 5) is 42.2. The Bertz CT molecular complexity index is 1640. The van der Waals surface area contributed by atoms with Crippen LogP contribution < -0.4 is 10.6 Å². The van der Waals surface area contributed by atoms with Crippen molar-refractivity contribution >= 4 is 46.0 Å². The molecule has 3 aromatic rings. The molecule has 3 N–H and O–H groups in total. The van der Waals surface area contributed by atoms with E-state index in [9.17, 15) is 36.0 Å². The number of piperazine rings is 1. The largest absolute Gasteiger partial charge is 0.477 e. The number of nitrogens with one attached hydrogen (secondary N) is 2. The second kappa shape index (κ2) is 14.3. The summed E-state index contributed by atoms with van der Waals surface area (Å²) in [5.41, 5.74) is 0.615. The maximum Gasteiger partial charge on any atom is 0.416 e. The highest BCUT2D eigenvalue weighted by molar-refractivity contribution is 7.89. The number of aromatic nitrogens is 1. The normalized spacial score (nSPS) is 15.7. The molecule has 1 fully saturated rings. The molecule has 0 unspecified atom stereocenters. The van der Waals surface area contributed by atoms with Crippen LogP contribution in [0.25, 0.3) is 0 Å². The van der Waals surface area contributed by atoms with Crippen molar-refractivity contribution in [2.45, 2.75) is 43.4 Å². The first-order valence-electron chi connectivity index (χ1n) is 13.5. The molecule has 1 aliphatic rings. The molecule has 1 aromatic heterocycles. The number of alkyl halides is 3. The van der Waals surface area contributed by atoms with E-state index < -0.39 is 50.6 Å². The predicted octanol–water partition coefficient (Wildman–Crippen LogP) is 4.57. The Hall–Kier alpha value is -4.21. The van der Waals surface area contributed by atoms with Gasteiger partial charge in [0, 0.05) is 38.1 Å². The molecule has 0 radical (unpaired) electrons. The number of benzene rings is 2. The van der Waals surface area contributed by atoms with Crippen molar-refractivity contribution in [3.63, 3.8) is 0 Å². The van der Waals surface area contributed by atoms with E-state index in [1.165, 1.54) is 17.2 Å². The van der Waals surface area contributed by atoms with Crippen molar-refractivity contribution in [3.05, 3.63) is 89.2 Å². The number of rotatable bonds is 8. The average molecular weight is 670 g/mol. The van der Waals surface area contributed by atoms with Crippen molar-refractivity contribution in [1.82, 2.24) is 19.5 Å². The third-order valence-corrected chi connectivity index (χ3v) is 8.98. The molecular formula is C29H31ClF3N5O6S. The third kappa shape index (κ3) is 8.49. The van der Waals surface area contributed by atoms with Crippen LogP contribution in [0, 0.1) is 0 Å². The van der Waals surface area contributed by atoms with Gasteiger partial charge >= 0.3 is 18.2 Å². The molecule has 0 spiro atoms. The van der Waals surface area contributed by atoms with E-state index in [-0.39, 0.29) is 50.0 Å². The van der Waals surface area contributed by atoms with Crippen LogP contribution >= 0.6 is 12.4 Å². The van der Waals surface area contributed by atoms with Crippen LogP contribution in [0.3, 0.4) is 0 Å². The monoisotopic (exact) mass is 669 g/mol. The molecule has 0 bridgehead atoms. The lowest BCUT2D eigenvalue weighted by atomic mass is 10.0. The van der Waals surface area contributed by atoms with Gasteiger partial charge in [0.2, 0.25) is 15.9 Å². The Morgan fingerprint density at radius 3 is 2.24 bits per heavy atom. The van der Waals surface area contributed by atoms with E-state index in [0.717, 1.165) is 33.6 Å². The Morgan fingerprint density at radius 1 is 1.02 bits per heavy atom. The van der Waals surface area contributed by atoms with E-state index in [1.54, 1.807) is 0 Å². The first-order chi connectivity index (χ1) is 20.7. The molecule has 0 aliphatic carbocycles. The summed E-state index contributed by atoms with van der Waals surface area (Å²) in [6.45, 7) is 3.24. The molecule has 4 rings (SSSR count). The van der Waals surface area contributed by atoms with Crippen LogP contribution in [0.2, 0.25) is 0 Å². The van der Waals surface area contributed by atoms with Gasteiger partial charge in [0.25, 0.3) is 0 Å². The minimum absolute atomic E-state index is 0. The lowest BCUT2D eigenvalue weighted by Gasteiger charge is -2.39. The standard InChI is InChI=1S/C29H30F3N5O6S.ClH/c1-18(2)20-5-3-19(4-6-20)16-34-26(38)25-17-36(28(41)35-22-11-12-33-24(15-22)27(39)40)13-14-37(25)44(42,43)23-9-7-21(8-10-23)29(30,31)32;/h3-12,15,18,25H,13-14,16-17H2,1-2H3,(H,34,38)(H,39,40)(H,33,35,41);1H/t25-;/m1./s1. The molecule has 16 heteroatoms. The summed E-state index contributed by atoms with van der Waals surface area (Å²) in [5, 5.41) is 14.4. The van der Waals surface area contributed by atoms with Crippen LogP contribution in [0.4, 0.5) is 23.7 Å². The lowest BCUT2D eigenvalue weighted by Crippen LogP contribution is -2.61. The zero-order chi connectivity index (χ0) is 32.2. The molecule has 11 nitrogen and oxygen atoms in total. The molecule has 1 saturated heterocycles. The van der Waals surface area contributed by atoms with Crippen molar-refractivity contribution in [3.8, 4) is 0 Å². The van der Waals surface area contributed by atoms with Crippen molar-refractivity contribution in [2.75, 3.05) is 25.0 Å². The number of amides is 3. The molecule has 3 amide bonds. The number of carbonyl (C=O) groups is 3. The lowest BCUT2D eigenvalue weighted by molar-refractivity contribution is -0.137. The van der Waals surface area contributed by atoms with E-state index in [0.29, 0.717) is 18.1 Å². The van der Waals surface area contributed by atoms with Crippen LogP contribution in [0.1, 0.15) is 46.9 Å². The summed E-state index contributed by atoms with van der Waals surface area (Å²) in [7, 11) is -4.47. The minimum atomic E-state index is -4.67. The fraction of sp³-hybridized carbons (Fsp3) is 0.310. The van der Waals surface area contributed by atoms with Crippen LogP contribution in [-0.4, -0.2) is 71.3 Å². The SMILES string of the molecule is CC(C)c1ccc(CNC(=O)[C@H]2CN(C(=O)Nc3ccnc(C(=O)O)c3)CCN2S(=O)(=O)c2ccc(C(F)(F)F)cc2)cc1.Cl. The van der Waals surface area contributed by atoms with Gasteiger partial charge < -0.3 is 20.6 Å². The number of anilines is 1. The number of pyridine rings is 1. The summed E-state index contributed by atoms with van der Waals surface area (Å²) in [5.74, 6) is -1.73. The van der Waals surface area contributed by atoms with Crippen molar-refractivity contribution in [1.29, 1.82) is 0 Å². The van der Waals surface area contributed by atoms with Crippen LogP contribution in [0.5, 0.6) is 0 Å². The van der Waals surface area contributed by atoms with Gasteiger partial charge in [-0.15, -0.1) is 12.4 Å². The summed E-state index contributed by atoms with van der Waals surface area (Å²) in [6.07, 6.45) is -3.48. The smallest absolute Gasteiger partial charge is 0.416 e. The number of carboxylic acid groups (broad SMARTS) is 1. The maximum atomic E-state index is 13.6. The summed E-state index contributed by atoms with van der Waals surface area (Å²) < 4.78 is 67.3. The first kappa shape index (κ1) is 35.3. The number of carbonyl (C=O) groups excluding carboxylic acids is 2. The van der Waals surface area contributed by atoms with Crippen molar-refractivity contribution in [2.24, 2.45) is 0 Å². The van der Waals surface area contributed by atoms with E-state index in [4.69, 9.17) is 5.11 Å². The van der Waals surface area contributed by atoms with E-state index in [2.05, 4.69) is 15.6 Å².